The molecular formula is C84H122N12O42. The van der Waals surface area contributed by atoms with Gasteiger partial charge in [-0.25, -0.2) is 28.5 Å². The number of ether oxygens (including phenoxy) is 18. The van der Waals surface area contributed by atoms with Crippen molar-refractivity contribution in [2.45, 2.75) is 314 Å². The summed E-state index contributed by atoms with van der Waals surface area (Å²) in [5, 5.41) is 154. The third-order valence-electron chi connectivity index (χ3n) is 25.4. The fourth-order valence-corrected chi connectivity index (χ4v) is 18.3. The van der Waals surface area contributed by atoms with Crippen LogP contribution in [0.5, 0.6) is 0 Å². The van der Waals surface area contributed by atoms with Crippen LogP contribution in [-0.2, 0) is 140 Å². The van der Waals surface area contributed by atoms with Gasteiger partial charge in [0.2, 0.25) is 0 Å². The first-order valence-electron chi connectivity index (χ1n) is 45.7. The van der Waals surface area contributed by atoms with E-state index in [0.29, 0.717) is 25.7 Å². The second-order valence-electron chi connectivity index (χ2n) is 35.3. The van der Waals surface area contributed by atoms with Gasteiger partial charge in [0, 0.05) is 12.1 Å². The van der Waals surface area contributed by atoms with Crippen molar-refractivity contribution < 1.29 is 185 Å². The van der Waals surface area contributed by atoms with E-state index in [1.165, 1.54) is 26.2 Å². The molecule has 0 radical (unpaired) electrons. The van der Waals surface area contributed by atoms with Gasteiger partial charge in [-0.05, 0) is 64.2 Å². The Kier molecular flexibility index (Phi) is 39.4. The summed E-state index contributed by atoms with van der Waals surface area (Å²) in [7, 11) is 2.14. The Bertz CT molecular complexity index is 4540. The Labute approximate surface area is 784 Å². The van der Waals surface area contributed by atoms with Crippen LogP contribution >= 0.6 is 0 Å². The summed E-state index contributed by atoms with van der Waals surface area (Å²) in [6.45, 7) is -0.697. The predicted octanol–water partition coefficient (Wildman–Crippen LogP) is -7.05. The first kappa shape index (κ1) is 107. The van der Waals surface area contributed by atoms with Gasteiger partial charge in [0.15, 0.2) is 49.6 Å². The lowest BCUT2D eigenvalue weighted by Gasteiger charge is -2.48. The number of aromatic nitrogens is 10. The molecule has 8 fully saturated rings. The molecule has 2 amide bonds. The third-order valence-corrected chi connectivity index (χ3v) is 25.4. The fraction of sp³-hybridized carbons (Fsp3) is 0.762. The molecule has 12 unspecified atom stereocenters. The van der Waals surface area contributed by atoms with Crippen LogP contribution in [0, 0.1) is 23.7 Å². The van der Waals surface area contributed by atoms with E-state index in [1.54, 1.807) is 0 Å². The molecule has 30 atom stereocenters. The number of carboxylic acid groups (broad SMARTS) is 2. The van der Waals surface area contributed by atoms with Gasteiger partial charge in [-0.1, -0.05) is 74.6 Å². The summed E-state index contributed by atoms with van der Waals surface area (Å²) in [6.07, 6.45) is -37.4. The van der Waals surface area contributed by atoms with Crippen LogP contribution in [0.25, 0.3) is 0 Å². The van der Waals surface area contributed by atoms with Crippen molar-refractivity contribution in [3.63, 3.8) is 0 Å². The van der Waals surface area contributed by atoms with Gasteiger partial charge in [0.25, 0.3) is 22.9 Å². The minimum Gasteiger partial charge on any atom is -0.479 e. The second-order valence-corrected chi connectivity index (χ2v) is 35.3. The zero-order valence-electron chi connectivity index (χ0n) is 75.9. The molecule has 4 aromatic rings. The topological polar surface area (TPSA) is 762 Å². The molecule has 54 heteroatoms. The zero-order chi connectivity index (χ0) is 99.3. The smallest absolute Gasteiger partial charge is 0.332 e. The Balaban J connectivity index is 0.648. The fourth-order valence-electron chi connectivity index (χ4n) is 18.3. The molecule has 54 nitrogen and oxygen atoms in total. The summed E-state index contributed by atoms with van der Waals surface area (Å²) < 4.78 is 110. The number of hydrogen-bond acceptors (Lipinski definition) is 44. The predicted molar refractivity (Wildman–Crippen MR) is 451 cm³/mol. The number of aliphatic carboxylic acids is 2. The Morgan fingerprint density at radius 3 is 1.17 bits per heavy atom. The van der Waals surface area contributed by atoms with Crippen molar-refractivity contribution in [2.24, 2.45) is 23.7 Å². The standard InChI is InChI=1S/C84H122N12O42/c1-37-59(103)63(107)65(109)79(127-37)137-67-45(85-73(111)47-27-55(99)89-83(119)87-47)23-41(77(117)121-3)25-49(67)131-81-71(69(61(105)53(33-97)133-81)129-51(75(113)114)21-39-11-7-5-8-12-39)135-57(101)31-95-29-43(91-93-95)35-125-19-17-123-15-16-124-18-20-126-36-44-30-96(94-92-44)32-58(102)136-72-70(130-52(76(115)116)22-40-13-9-6-10-14-40)62(106)54(34-98)134-82(72)132-50-26-42(78(118)122-4)24-46(86-74(112)48-28-56(100)90-84(120)88-48)68(50)138-80-66(110)64(108)60(104)38(2)128-80/h27-30,37-42,45-46,49-54,59-72,79-82,97-98,103-110H,5-26,31-36H2,1-4H3,(H,85,111)(H,86,112)(H,113,114)(H,115,116)(H2,87,89,99,119)(H2,88,90,100,120)/t37?,38?,41?,42?,45?,46?,49-,50-,51+,52+,53+,54+,59-,60-,61+,62+,63+,64+,65?,66?,67-,68-,69?,70?,71?,72?,79+,80+,81-,82-/m1/s1. The average molecular weight is 1970 g/mol. The number of nitrogens with one attached hydrogen (secondary N) is 6. The van der Waals surface area contributed by atoms with Gasteiger partial charge in [-0.2, -0.15) is 0 Å². The Morgan fingerprint density at radius 2 is 0.819 bits per heavy atom. The van der Waals surface area contributed by atoms with E-state index in [4.69, 9.17) is 85.3 Å². The lowest BCUT2D eigenvalue weighted by Crippen LogP contribution is -2.65. The molecule has 18 N–H and O–H groups in total. The molecule has 0 bridgehead atoms. The van der Waals surface area contributed by atoms with Gasteiger partial charge in [-0.15, -0.1) is 10.2 Å². The van der Waals surface area contributed by atoms with Crippen LogP contribution < -0.4 is 33.1 Å². The maximum absolute atomic E-state index is 14.4. The number of aliphatic hydroxyl groups is 10. The molecule has 4 aromatic heterocycles. The normalized spacial score (nSPS) is 32.6. The number of H-pyrrole nitrogens is 4. The number of esters is 4. The largest absolute Gasteiger partial charge is 0.479 e. The van der Waals surface area contributed by atoms with Crippen LogP contribution in [0.1, 0.15) is 149 Å². The molecule has 0 spiro atoms. The SMILES string of the molecule is COC(=O)C1CC(NC(=O)c2cc(=O)[nH]c(=O)[nH]2)[C@@H](O[C@@H]2OC(C)[C@@H](O)[C@H](O)C2O)[C@H](O[C@@H]2O[C@@H](CO)[C@H](O)C(O[C@@H](CC3CCCCC3)C(=O)O)C2OC(=O)Cn2cc(COCCOCCOCCOCc3cn(CC(=O)OC4C(O[C@@H](CC5CCCCC5)C(=O)O)[C@@H](O)[C@H](CO)O[C@H]4O[C@@H]4CC(C(=O)OC)CC(NC(=O)c5cc(=O)[nH]c(=O)[nH]5)[C@H]4O[C@@H]4OC(C)[C@@H](O)[C@H](O)C4O)nn3)nn2)C1. The number of methoxy groups -OCH3 is 2. The number of nitrogens with zero attached hydrogens (tertiary/aromatic N) is 6. The molecule has 770 valence electrons. The van der Waals surface area contributed by atoms with Crippen LogP contribution in [0.15, 0.2) is 43.7 Å². The van der Waals surface area contributed by atoms with E-state index in [1.807, 2.05) is 9.97 Å². The number of amides is 2. The van der Waals surface area contributed by atoms with Crippen molar-refractivity contribution >= 4 is 47.6 Å². The monoisotopic (exact) mass is 1970 g/mol. The first-order chi connectivity index (χ1) is 66.1. The summed E-state index contributed by atoms with van der Waals surface area (Å²) in [4.78, 5) is 168. The summed E-state index contributed by atoms with van der Waals surface area (Å²) >= 11 is 0. The van der Waals surface area contributed by atoms with Gasteiger partial charge in [0.05, 0.1) is 141 Å². The Morgan fingerprint density at radius 1 is 0.449 bits per heavy atom. The van der Waals surface area contributed by atoms with E-state index in [-0.39, 0.29) is 102 Å². The van der Waals surface area contributed by atoms with Crippen LogP contribution in [0.4, 0.5) is 0 Å². The van der Waals surface area contributed by atoms with Crippen LogP contribution in [0.3, 0.4) is 0 Å². The summed E-state index contributed by atoms with van der Waals surface area (Å²) in [6, 6.07) is -1.42. The van der Waals surface area contributed by atoms with Crippen molar-refractivity contribution in [3.8, 4) is 0 Å². The number of rotatable bonds is 45. The molecule has 4 saturated carbocycles. The van der Waals surface area contributed by atoms with Crippen molar-refractivity contribution in [1.82, 2.24) is 60.6 Å². The third kappa shape index (κ3) is 28.7. The number of aliphatic hydroxyl groups excluding tert-OH is 10. The molecule has 138 heavy (non-hydrogen) atoms. The zero-order valence-corrected chi connectivity index (χ0v) is 75.9. The summed E-state index contributed by atoms with van der Waals surface area (Å²) in [5.41, 5.74) is -4.79. The minimum atomic E-state index is -2.02. The molecule has 4 saturated heterocycles. The molecule has 0 aromatic carbocycles. The summed E-state index contributed by atoms with van der Waals surface area (Å²) in [5.74, 6) is -11.9. The maximum Gasteiger partial charge on any atom is 0.332 e. The lowest BCUT2D eigenvalue weighted by molar-refractivity contribution is -0.348. The maximum atomic E-state index is 14.4. The number of aromatic amines is 4. The van der Waals surface area contributed by atoms with Gasteiger partial charge >= 0.3 is 47.2 Å². The number of carbonyl (C=O) groups is 8. The van der Waals surface area contributed by atoms with E-state index in [0.717, 1.165) is 74.2 Å². The molecule has 4 aliphatic carbocycles. The first-order valence-corrected chi connectivity index (χ1v) is 45.7. The van der Waals surface area contributed by atoms with Crippen molar-refractivity contribution in [2.75, 3.05) is 67.1 Å². The van der Waals surface area contributed by atoms with Gasteiger partial charge in [0.1, 0.15) is 121 Å². The van der Waals surface area contributed by atoms with Crippen molar-refractivity contribution in [1.29, 1.82) is 0 Å². The molecule has 8 heterocycles. The highest BCUT2D eigenvalue weighted by Gasteiger charge is 2.58. The van der Waals surface area contributed by atoms with E-state index in [9.17, 15) is 119 Å². The van der Waals surface area contributed by atoms with Gasteiger partial charge in [-0.3, -0.25) is 48.3 Å². The van der Waals surface area contributed by atoms with E-state index < -0.39 is 304 Å². The molecule has 12 rings (SSSR count). The van der Waals surface area contributed by atoms with Crippen molar-refractivity contribution in [3.05, 3.63) is 89.0 Å². The van der Waals surface area contributed by atoms with Crippen LogP contribution in [-0.4, -0.2) is 397 Å². The Hall–Kier alpha value is -9.56. The highest BCUT2D eigenvalue weighted by molar-refractivity contribution is 5.93. The second kappa shape index (κ2) is 50.7. The van der Waals surface area contributed by atoms with Crippen LogP contribution in [0.2, 0.25) is 0 Å². The van der Waals surface area contributed by atoms with Gasteiger partial charge < -0.3 is 167 Å². The molecular weight excluding hydrogens is 1850 g/mol. The highest BCUT2D eigenvalue weighted by atomic mass is 16.8. The minimum absolute atomic E-state index is 0.0190. The highest BCUT2D eigenvalue weighted by Crippen LogP contribution is 2.42. The number of carboxylic acids is 2. The lowest BCUT2D eigenvalue weighted by atomic mass is 9.81. The molecule has 8 aliphatic rings. The number of hydrogen-bond donors (Lipinski definition) is 18. The van der Waals surface area contributed by atoms with E-state index >= 15 is 0 Å². The number of carbonyl (C=O) groups excluding carboxylic acids is 6. The quantitative estimate of drug-likeness (QED) is 0.0111. The van der Waals surface area contributed by atoms with E-state index in [2.05, 4.69) is 41.2 Å². The average Bonchev–Trinajstić information content (AvgIpc) is 0.915. The molecule has 4 aliphatic heterocycles.